The molecule has 1 N–H and O–H groups in total. The molecule has 0 bridgehead atoms. The molecule has 0 aliphatic carbocycles. The number of ether oxygens (including phenoxy) is 4. The molecule has 1 aromatic carbocycles. The molecule has 1 fully saturated rings. The van der Waals surface area contributed by atoms with Gasteiger partial charge in [0.05, 0.1) is 25.3 Å². The van der Waals surface area contributed by atoms with Crippen molar-refractivity contribution in [2.75, 3.05) is 19.5 Å². The van der Waals surface area contributed by atoms with Crippen LogP contribution in [-0.4, -0.2) is 43.9 Å². The first kappa shape index (κ1) is 19.0. The smallest absolute Gasteiger partial charge is 0.350 e. The van der Waals surface area contributed by atoms with Crippen LogP contribution in [0.1, 0.15) is 34.6 Å². The van der Waals surface area contributed by atoms with E-state index in [-0.39, 0.29) is 16.7 Å². The molecule has 1 saturated heterocycles. The van der Waals surface area contributed by atoms with Crippen LogP contribution in [0.3, 0.4) is 0 Å². The lowest BCUT2D eigenvalue weighted by molar-refractivity contribution is -0.222. The number of methoxy groups -OCH3 is 2. The molecule has 1 heterocycles. The molecule has 9 heteroatoms. The van der Waals surface area contributed by atoms with Crippen LogP contribution >= 0.6 is 0 Å². The highest BCUT2D eigenvalue weighted by atomic mass is 16.7. The second-order valence-corrected chi connectivity index (χ2v) is 5.62. The zero-order valence-electron chi connectivity index (χ0n) is 14.6. The normalized spacial score (nSPS) is 15.5. The molecule has 0 unspecified atom stereocenters. The van der Waals surface area contributed by atoms with Gasteiger partial charge in [0.1, 0.15) is 0 Å². The standard InChI is InChI=1S/C17H17NO8/c1-17(2)25-15(21)12(16(22)26-17)8-18-9-5-6-10(13(19)23-3)11(7-9)14(20)24-4/h5-8,18H,1-4H3. The summed E-state index contributed by atoms with van der Waals surface area (Å²) < 4.78 is 19.2. The molecule has 26 heavy (non-hydrogen) atoms. The highest BCUT2D eigenvalue weighted by Crippen LogP contribution is 2.23. The summed E-state index contributed by atoms with van der Waals surface area (Å²) >= 11 is 0. The van der Waals surface area contributed by atoms with E-state index in [0.717, 1.165) is 6.20 Å². The predicted molar refractivity (Wildman–Crippen MR) is 87.1 cm³/mol. The molecular weight excluding hydrogens is 346 g/mol. The van der Waals surface area contributed by atoms with Gasteiger partial charge in [-0.1, -0.05) is 0 Å². The third-order valence-electron chi connectivity index (χ3n) is 3.33. The van der Waals surface area contributed by atoms with E-state index >= 15 is 0 Å². The van der Waals surface area contributed by atoms with Crippen molar-refractivity contribution in [1.82, 2.24) is 0 Å². The van der Waals surface area contributed by atoms with Gasteiger partial charge in [0.25, 0.3) is 5.79 Å². The van der Waals surface area contributed by atoms with E-state index in [9.17, 15) is 19.2 Å². The van der Waals surface area contributed by atoms with Crippen molar-refractivity contribution in [3.8, 4) is 0 Å². The fraction of sp³-hybridized carbons (Fsp3) is 0.294. The minimum Gasteiger partial charge on any atom is -0.465 e. The van der Waals surface area contributed by atoms with Crippen molar-refractivity contribution < 1.29 is 38.1 Å². The van der Waals surface area contributed by atoms with E-state index in [1.165, 1.54) is 46.3 Å². The zero-order valence-corrected chi connectivity index (χ0v) is 14.6. The highest BCUT2D eigenvalue weighted by Gasteiger charge is 2.38. The maximum Gasteiger partial charge on any atom is 0.350 e. The molecule has 0 atom stereocenters. The van der Waals surface area contributed by atoms with Crippen LogP contribution < -0.4 is 5.32 Å². The van der Waals surface area contributed by atoms with Crippen molar-refractivity contribution in [2.24, 2.45) is 0 Å². The number of anilines is 1. The molecular formula is C17H17NO8. The number of benzene rings is 1. The van der Waals surface area contributed by atoms with Crippen LogP contribution in [0, 0.1) is 0 Å². The summed E-state index contributed by atoms with van der Waals surface area (Å²) in [5, 5.41) is 2.68. The summed E-state index contributed by atoms with van der Waals surface area (Å²) in [5.41, 5.74) is -0.0644. The molecule has 0 aromatic heterocycles. The zero-order chi connectivity index (χ0) is 19.5. The number of rotatable bonds is 4. The van der Waals surface area contributed by atoms with Crippen LogP contribution in [0.4, 0.5) is 5.69 Å². The van der Waals surface area contributed by atoms with Crippen molar-refractivity contribution in [2.45, 2.75) is 19.6 Å². The quantitative estimate of drug-likeness (QED) is 0.366. The van der Waals surface area contributed by atoms with Gasteiger partial charge >= 0.3 is 23.9 Å². The van der Waals surface area contributed by atoms with Crippen molar-refractivity contribution >= 4 is 29.6 Å². The SMILES string of the molecule is COC(=O)c1ccc(NC=C2C(=O)OC(C)(C)OC2=O)cc1C(=O)OC. The number of hydrogen-bond acceptors (Lipinski definition) is 9. The summed E-state index contributed by atoms with van der Waals surface area (Å²) in [6, 6.07) is 4.12. The molecule has 1 aliphatic heterocycles. The first-order valence-electron chi connectivity index (χ1n) is 7.42. The van der Waals surface area contributed by atoms with E-state index < -0.39 is 29.7 Å². The van der Waals surface area contributed by atoms with Crippen molar-refractivity contribution in [3.05, 3.63) is 41.1 Å². The molecule has 138 valence electrons. The van der Waals surface area contributed by atoms with Crippen LogP contribution in [0.25, 0.3) is 0 Å². The molecule has 1 aromatic rings. The molecule has 9 nitrogen and oxygen atoms in total. The van der Waals surface area contributed by atoms with Gasteiger partial charge in [-0.15, -0.1) is 0 Å². The maximum atomic E-state index is 11.9. The number of carbonyl (C=O) groups excluding carboxylic acids is 4. The van der Waals surface area contributed by atoms with Gasteiger partial charge in [-0.3, -0.25) is 0 Å². The van der Waals surface area contributed by atoms with Gasteiger partial charge < -0.3 is 24.3 Å². The van der Waals surface area contributed by atoms with Crippen molar-refractivity contribution in [1.29, 1.82) is 0 Å². The van der Waals surface area contributed by atoms with E-state index in [4.69, 9.17) is 9.47 Å². The summed E-state index contributed by atoms with van der Waals surface area (Å²) in [5.74, 6) is -4.50. The Hall–Kier alpha value is -3.36. The lowest BCUT2D eigenvalue weighted by atomic mass is 10.1. The summed E-state index contributed by atoms with van der Waals surface area (Å²) in [6.45, 7) is 2.86. The Labute approximate surface area is 148 Å². The Morgan fingerprint density at radius 2 is 1.54 bits per heavy atom. The number of cyclic esters (lactones) is 2. The largest absolute Gasteiger partial charge is 0.465 e. The summed E-state index contributed by atoms with van der Waals surface area (Å²) in [7, 11) is 2.35. The average molecular weight is 363 g/mol. The lowest BCUT2D eigenvalue weighted by Crippen LogP contribution is -2.42. The monoisotopic (exact) mass is 363 g/mol. The number of hydrogen-bond donors (Lipinski definition) is 1. The Morgan fingerprint density at radius 3 is 2.08 bits per heavy atom. The predicted octanol–water partition coefficient (Wildman–Crippen LogP) is 1.39. The van der Waals surface area contributed by atoms with Crippen molar-refractivity contribution in [3.63, 3.8) is 0 Å². The maximum absolute atomic E-state index is 11.9. The molecule has 0 spiro atoms. The molecule has 1 aliphatic rings. The second-order valence-electron chi connectivity index (χ2n) is 5.62. The van der Waals surface area contributed by atoms with E-state index in [2.05, 4.69) is 14.8 Å². The summed E-state index contributed by atoms with van der Waals surface area (Å²) in [6.07, 6.45) is 1.09. The number of esters is 4. The van der Waals surface area contributed by atoms with Gasteiger partial charge in [-0.25, -0.2) is 19.2 Å². The van der Waals surface area contributed by atoms with Gasteiger partial charge in [0.15, 0.2) is 5.57 Å². The number of nitrogens with one attached hydrogen (secondary N) is 1. The highest BCUT2D eigenvalue weighted by molar-refractivity contribution is 6.15. The Bertz CT molecular complexity index is 787. The molecule has 2 rings (SSSR count). The minimum atomic E-state index is -1.34. The minimum absolute atomic E-state index is 0.00999. The van der Waals surface area contributed by atoms with E-state index in [1.807, 2.05) is 0 Å². The average Bonchev–Trinajstić information content (AvgIpc) is 2.58. The first-order chi connectivity index (χ1) is 12.2. The Balaban J connectivity index is 2.30. The van der Waals surface area contributed by atoms with Crippen LogP contribution in [-0.2, 0) is 28.5 Å². The fourth-order valence-corrected chi connectivity index (χ4v) is 2.13. The van der Waals surface area contributed by atoms with Crippen LogP contribution in [0.15, 0.2) is 30.0 Å². The van der Waals surface area contributed by atoms with Crippen LogP contribution in [0.2, 0.25) is 0 Å². The number of carbonyl (C=O) groups is 4. The topological polar surface area (TPSA) is 117 Å². The second kappa shape index (κ2) is 7.26. The van der Waals surface area contributed by atoms with Gasteiger partial charge in [0, 0.05) is 25.7 Å². The lowest BCUT2D eigenvalue weighted by Gasteiger charge is -2.29. The third kappa shape index (κ3) is 4.00. The third-order valence-corrected chi connectivity index (χ3v) is 3.33. The van der Waals surface area contributed by atoms with E-state index in [1.54, 1.807) is 0 Å². The molecule has 0 amide bonds. The van der Waals surface area contributed by atoms with E-state index in [0.29, 0.717) is 5.69 Å². The van der Waals surface area contributed by atoms with Gasteiger partial charge in [-0.2, -0.15) is 0 Å². The fourth-order valence-electron chi connectivity index (χ4n) is 2.13. The van der Waals surface area contributed by atoms with Gasteiger partial charge in [-0.05, 0) is 18.2 Å². The Morgan fingerprint density at radius 1 is 1.00 bits per heavy atom. The Kier molecular flexibility index (Phi) is 5.30. The molecule has 0 radical (unpaired) electrons. The van der Waals surface area contributed by atoms with Gasteiger partial charge in [0.2, 0.25) is 0 Å². The summed E-state index contributed by atoms with van der Waals surface area (Å²) in [4.78, 5) is 47.4. The first-order valence-corrected chi connectivity index (χ1v) is 7.42. The molecule has 0 saturated carbocycles. The van der Waals surface area contributed by atoms with Crippen LogP contribution in [0.5, 0.6) is 0 Å².